The highest BCUT2D eigenvalue weighted by Crippen LogP contribution is 2.45. The van der Waals surface area contributed by atoms with E-state index < -0.39 is 5.97 Å². The van der Waals surface area contributed by atoms with Crippen LogP contribution in [0.3, 0.4) is 0 Å². The number of aliphatic carboxylic acids is 1. The van der Waals surface area contributed by atoms with Crippen molar-refractivity contribution in [3.8, 4) is 6.07 Å². The molecule has 7 heteroatoms. The number of nitriles is 1. The lowest BCUT2D eigenvalue weighted by molar-refractivity contribution is -0.143. The summed E-state index contributed by atoms with van der Waals surface area (Å²) in [5, 5.41) is 21.4. The van der Waals surface area contributed by atoms with E-state index in [1.165, 1.54) is 17.3 Å². The smallest absolute Gasteiger partial charge is 0.306 e. The molecule has 0 radical (unpaired) electrons. The van der Waals surface area contributed by atoms with E-state index in [4.69, 9.17) is 5.26 Å². The molecule has 2 aliphatic rings. The predicted octanol–water partition coefficient (Wildman–Crippen LogP) is 5.66. The quantitative estimate of drug-likeness (QED) is 0.532. The fourth-order valence-electron chi connectivity index (χ4n) is 5.08. The Labute approximate surface area is 200 Å². The minimum Gasteiger partial charge on any atom is -0.481 e. The molecule has 0 unspecified atom stereocenters. The number of H-pyrrole nitrogens is 1. The lowest BCUT2D eigenvalue weighted by Crippen LogP contribution is -2.31. The lowest BCUT2D eigenvalue weighted by Gasteiger charge is -2.37. The molecule has 0 saturated heterocycles. The summed E-state index contributed by atoms with van der Waals surface area (Å²) in [6, 6.07) is 8.14. The SMILES string of the molecule is CC1(C)CC=C(c2cc(C3(C)CCC(C(=O)O)CC3)ccc2NC(=O)c2ncc(C#N)[nH]2)CC1. The van der Waals surface area contributed by atoms with E-state index >= 15 is 0 Å². The van der Waals surface area contributed by atoms with Crippen molar-refractivity contribution < 1.29 is 14.7 Å². The number of hydrogen-bond donors (Lipinski definition) is 3. The number of nitrogens with zero attached hydrogens (tertiary/aromatic N) is 2. The van der Waals surface area contributed by atoms with Gasteiger partial charge in [0.15, 0.2) is 5.82 Å². The summed E-state index contributed by atoms with van der Waals surface area (Å²) in [6.07, 6.45) is 9.60. The number of aromatic amines is 1. The van der Waals surface area contributed by atoms with Gasteiger partial charge in [0.1, 0.15) is 11.8 Å². The van der Waals surface area contributed by atoms with Gasteiger partial charge in [-0.2, -0.15) is 5.26 Å². The zero-order valence-electron chi connectivity index (χ0n) is 20.1. The van der Waals surface area contributed by atoms with Gasteiger partial charge in [-0.3, -0.25) is 9.59 Å². The Hall–Kier alpha value is -3.40. The second-order valence-electron chi connectivity index (χ2n) is 10.7. The van der Waals surface area contributed by atoms with E-state index in [0.29, 0.717) is 12.8 Å². The molecule has 178 valence electrons. The van der Waals surface area contributed by atoms with Crippen LogP contribution in [0.4, 0.5) is 5.69 Å². The van der Waals surface area contributed by atoms with E-state index in [9.17, 15) is 14.7 Å². The average Bonchev–Trinajstić information content (AvgIpc) is 3.29. The number of benzene rings is 1. The van der Waals surface area contributed by atoms with Crippen molar-refractivity contribution in [3.05, 3.63) is 53.1 Å². The molecule has 1 heterocycles. The van der Waals surface area contributed by atoms with E-state index in [2.05, 4.69) is 54.3 Å². The molecule has 2 aliphatic carbocycles. The number of carbonyl (C=O) groups is 2. The first-order valence-corrected chi connectivity index (χ1v) is 11.9. The van der Waals surface area contributed by atoms with Crippen molar-refractivity contribution in [2.24, 2.45) is 11.3 Å². The van der Waals surface area contributed by atoms with Crippen LogP contribution in [0, 0.1) is 22.7 Å². The summed E-state index contributed by atoms with van der Waals surface area (Å²) in [5.74, 6) is -1.25. The van der Waals surface area contributed by atoms with Crippen LogP contribution in [-0.4, -0.2) is 27.0 Å². The molecular formula is C27H32N4O3. The van der Waals surface area contributed by atoms with Crippen molar-refractivity contribution in [1.29, 1.82) is 5.26 Å². The van der Waals surface area contributed by atoms with Gasteiger partial charge in [-0.1, -0.05) is 32.9 Å². The minimum absolute atomic E-state index is 0.0968. The number of carbonyl (C=O) groups excluding carboxylic acids is 1. The number of aromatic nitrogens is 2. The third kappa shape index (κ3) is 4.91. The molecule has 0 atom stereocenters. The lowest BCUT2D eigenvalue weighted by atomic mass is 9.67. The molecule has 0 bridgehead atoms. The Morgan fingerprint density at radius 2 is 1.94 bits per heavy atom. The van der Waals surface area contributed by atoms with Crippen molar-refractivity contribution in [1.82, 2.24) is 9.97 Å². The topological polar surface area (TPSA) is 119 Å². The van der Waals surface area contributed by atoms with Crippen LogP contribution in [0.5, 0.6) is 0 Å². The summed E-state index contributed by atoms with van der Waals surface area (Å²) in [7, 11) is 0. The number of nitrogens with one attached hydrogen (secondary N) is 2. The Kier molecular flexibility index (Phi) is 6.35. The first kappa shape index (κ1) is 23.7. The molecule has 1 fully saturated rings. The molecule has 2 aromatic rings. The molecule has 4 rings (SSSR count). The number of imidazole rings is 1. The largest absolute Gasteiger partial charge is 0.481 e. The van der Waals surface area contributed by atoms with Gasteiger partial charge in [-0.15, -0.1) is 0 Å². The van der Waals surface area contributed by atoms with Crippen LogP contribution < -0.4 is 5.32 Å². The van der Waals surface area contributed by atoms with Gasteiger partial charge in [-0.25, -0.2) is 4.98 Å². The second-order valence-corrected chi connectivity index (χ2v) is 10.7. The van der Waals surface area contributed by atoms with E-state index in [1.54, 1.807) is 0 Å². The molecule has 1 amide bonds. The number of allylic oxidation sites excluding steroid dienone is 2. The highest BCUT2D eigenvalue weighted by Gasteiger charge is 2.36. The molecule has 7 nitrogen and oxygen atoms in total. The van der Waals surface area contributed by atoms with Gasteiger partial charge >= 0.3 is 5.97 Å². The van der Waals surface area contributed by atoms with Gasteiger partial charge < -0.3 is 15.4 Å². The Morgan fingerprint density at radius 3 is 2.53 bits per heavy atom. The van der Waals surface area contributed by atoms with Crippen molar-refractivity contribution in [2.75, 3.05) is 5.32 Å². The maximum Gasteiger partial charge on any atom is 0.306 e. The monoisotopic (exact) mass is 460 g/mol. The van der Waals surface area contributed by atoms with Gasteiger partial charge in [-0.05, 0) is 79.0 Å². The number of hydrogen-bond acceptors (Lipinski definition) is 4. The van der Waals surface area contributed by atoms with E-state index in [-0.39, 0.29) is 34.2 Å². The summed E-state index contributed by atoms with van der Waals surface area (Å²) in [6.45, 7) is 6.75. The normalized spacial score (nSPS) is 24.1. The van der Waals surface area contributed by atoms with Crippen LogP contribution in [0.15, 0.2) is 30.5 Å². The zero-order chi connectivity index (χ0) is 24.5. The number of carboxylic acid groups (broad SMARTS) is 1. The summed E-state index contributed by atoms with van der Waals surface area (Å²) < 4.78 is 0. The summed E-state index contributed by atoms with van der Waals surface area (Å²) >= 11 is 0. The Balaban J connectivity index is 1.66. The molecule has 1 saturated carbocycles. The summed E-state index contributed by atoms with van der Waals surface area (Å²) in [4.78, 5) is 31.0. The molecule has 1 aromatic heterocycles. The maximum atomic E-state index is 12.8. The number of anilines is 1. The highest BCUT2D eigenvalue weighted by atomic mass is 16.4. The predicted molar refractivity (Wildman–Crippen MR) is 130 cm³/mol. The molecule has 1 aromatic carbocycles. The standard InChI is InChI=1S/C27H32N4O3/c1-26(2)10-6-17(7-11-26)21-14-19(27(3)12-8-18(9-13-27)25(33)34)4-5-22(21)31-24(32)23-29-16-20(15-28)30-23/h4-6,14,16,18H,7-13H2,1-3H3,(H,29,30)(H,31,32)(H,33,34). The molecule has 0 spiro atoms. The van der Waals surface area contributed by atoms with Crippen molar-refractivity contribution in [2.45, 2.75) is 71.1 Å². The maximum absolute atomic E-state index is 12.8. The summed E-state index contributed by atoms with van der Waals surface area (Å²) in [5.41, 5.74) is 4.53. The first-order chi connectivity index (χ1) is 16.1. The number of amides is 1. The van der Waals surface area contributed by atoms with Gasteiger partial charge in [0.05, 0.1) is 12.1 Å². The Bertz CT molecular complexity index is 1180. The van der Waals surface area contributed by atoms with E-state index in [1.807, 2.05) is 12.1 Å². The highest BCUT2D eigenvalue weighted by molar-refractivity contribution is 6.03. The molecule has 0 aliphatic heterocycles. The van der Waals surface area contributed by atoms with Crippen molar-refractivity contribution in [3.63, 3.8) is 0 Å². The second kappa shape index (κ2) is 9.09. The minimum atomic E-state index is -0.701. The fraction of sp³-hybridized carbons (Fsp3) is 0.481. The van der Waals surface area contributed by atoms with Gasteiger partial charge in [0.2, 0.25) is 0 Å². The molecule has 34 heavy (non-hydrogen) atoms. The van der Waals surface area contributed by atoms with Crippen LogP contribution in [-0.2, 0) is 10.2 Å². The zero-order valence-corrected chi connectivity index (χ0v) is 20.1. The van der Waals surface area contributed by atoms with Gasteiger partial charge in [0, 0.05) is 11.3 Å². The Morgan fingerprint density at radius 1 is 1.21 bits per heavy atom. The number of carboxylic acids is 1. The molecule has 3 N–H and O–H groups in total. The third-order valence-corrected chi connectivity index (χ3v) is 7.63. The van der Waals surface area contributed by atoms with Crippen LogP contribution >= 0.6 is 0 Å². The van der Waals surface area contributed by atoms with E-state index in [0.717, 1.165) is 43.4 Å². The third-order valence-electron chi connectivity index (χ3n) is 7.63. The average molecular weight is 461 g/mol. The van der Waals surface area contributed by atoms with Crippen LogP contribution in [0.1, 0.15) is 93.2 Å². The first-order valence-electron chi connectivity index (χ1n) is 11.9. The van der Waals surface area contributed by atoms with Crippen molar-refractivity contribution >= 4 is 23.1 Å². The van der Waals surface area contributed by atoms with Crippen LogP contribution in [0.2, 0.25) is 0 Å². The van der Waals surface area contributed by atoms with Crippen LogP contribution in [0.25, 0.3) is 5.57 Å². The van der Waals surface area contributed by atoms with Gasteiger partial charge in [0.25, 0.3) is 5.91 Å². The molecular weight excluding hydrogens is 428 g/mol. The fourth-order valence-corrected chi connectivity index (χ4v) is 5.08. The number of rotatable bonds is 5.